The maximum Gasteiger partial charge on any atom is 0.227 e. The highest BCUT2D eigenvalue weighted by molar-refractivity contribution is 5.82. The van der Waals surface area contributed by atoms with E-state index in [1.165, 1.54) is 0 Å². The van der Waals surface area contributed by atoms with Crippen LogP contribution >= 0.6 is 0 Å². The number of carbonyl (C=O) groups excluding carboxylic acids is 1. The molecule has 1 rings (SSSR count). The van der Waals surface area contributed by atoms with Crippen molar-refractivity contribution in [3.05, 3.63) is 0 Å². The second-order valence-electron chi connectivity index (χ2n) is 6.93. The first-order chi connectivity index (χ1) is 8.25. The van der Waals surface area contributed by atoms with Gasteiger partial charge in [0, 0.05) is 19.6 Å². The van der Waals surface area contributed by atoms with Crippen LogP contribution in [0.3, 0.4) is 0 Å². The van der Waals surface area contributed by atoms with Crippen molar-refractivity contribution < 1.29 is 4.79 Å². The average Bonchev–Trinajstić information content (AvgIpc) is 2.25. The van der Waals surface area contributed by atoms with Crippen LogP contribution in [0.1, 0.15) is 33.6 Å². The molecular formula is C14H29N3O. The zero-order chi connectivity index (χ0) is 13.8. The molecule has 0 aromatic heterocycles. The summed E-state index contributed by atoms with van der Waals surface area (Å²) >= 11 is 0. The molecule has 1 aliphatic heterocycles. The Kier molecular flexibility index (Phi) is 5.17. The van der Waals surface area contributed by atoms with Crippen molar-refractivity contribution in [3.8, 4) is 0 Å². The Morgan fingerprint density at radius 2 is 2.11 bits per heavy atom. The lowest BCUT2D eigenvalue weighted by Crippen LogP contribution is -2.51. The quantitative estimate of drug-likeness (QED) is 0.773. The Balaban J connectivity index is 2.45. The van der Waals surface area contributed by atoms with Crippen LogP contribution in [0, 0.1) is 10.8 Å². The fourth-order valence-electron chi connectivity index (χ4n) is 2.69. The van der Waals surface area contributed by atoms with Crippen molar-refractivity contribution in [1.29, 1.82) is 0 Å². The summed E-state index contributed by atoms with van der Waals surface area (Å²) in [6.45, 7) is 9.99. The first-order valence-corrected chi connectivity index (χ1v) is 6.89. The van der Waals surface area contributed by atoms with E-state index >= 15 is 0 Å². The molecular weight excluding hydrogens is 226 g/mol. The van der Waals surface area contributed by atoms with Crippen LogP contribution in [0.4, 0.5) is 0 Å². The maximum absolute atomic E-state index is 12.3. The van der Waals surface area contributed by atoms with E-state index in [1.807, 2.05) is 0 Å². The Bertz CT molecular complexity index is 281. The number of hydrogen-bond acceptors (Lipinski definition) is 3. The molecule has 0 spiro atoms. The Morgan fingerprint density at radius 1 is 1.44 bits per heavy atom. The standard InChI is InChI=1S/C14H29N3O/c1-13(2,11-17(4)5)9-16-12(18)14(3)7-6-8-15-10-14/h15H,6-11H2,1-5H3,(H,16,18). The Hall–Kier alpha value is -0.610. The summed E-state index contributed by atoms with van der Waals surface area (Å²) in [5.74, 6) is 0.196. The van der Waals surface area contributed by atoms with Crippen molar-refractivity contribution in [1.82, 2.24) is 15.5 Å². The summed E-state index contributed by atoms with van der Waals surface area (Å²) in [6, 6.07) is 0. The molecule has 0 radical (unpaired) electrons. The third-order valence-electron chi connectivity index (χ3n) is 3.62. The molecule has 1 heterocycles. The van der Waals surface area contributed by atoms with Crippen molar-refractivity contribution in [2.24, 2.45) is 10.8 Å². The van der Waals surface area contributed by atoms with Crippen molar-refractivity contribution in [2.75, 3.05) is 40.3 Å². The van der Waals surface area contributed by atoms with E-state index in [9.17, 15) is 4.79 Å². The lowest BCUT2D eigenvalue weighted by Gasteiger charge is -2.35. The summed E-state index contributed by atoms with van der Waals surface area (Å²) in [6.07, 6.45) is 2.07. The largest absolute Gasteiger partial charge is 0.355 e. The molecule has 0 aliphatic carbocycles. The molecule has 1 fully saturated rings. The second-order valence-corrected chi connectivity index (χ2v) is 6.93. The fraction of sp³-hybridized carbons (Fsp3) is 0.929. The number of hydrogen-bond donors (Lipinski definition) is 2. The number of piperidine rings is 1. The van der Waals surface area contributed by atoms with Gasteiger partial charge in [0.1, 0.15) is 0 Å². The summed E-state index contributed by atoms with van der Waals surface area (Å²) in [5.41, 5.74) is -0.121. The fourth-order valence-corrected chi connectivity index (χ4v) is 2.69. The number of nitrogens with one attached hydrogen (secondary N) is 2. The van der Waals surface area contributed by atoms with Crippen LogP contribution in [0.2, 0.25) is 0 Å². The molecule has 0 aromatic rings. The Labute approximate surface area is 111 Å². The third kappa shape index (κ3) is 4.58. The molecule has 0 bridgehead atoms. The molecule has 1 aliphatic rings. The van der Waals surface area contributed by atoms with Crippen molar-refractivity contribution in [3.63, 3.8) is 0 Å². The van der Waals surface area contributed by atoms with Crippen LogP contribution in [0.15, 0.2) is 0 Å². The van der Waals surface area contributed by atoms with Crippen LogP contribution in [-0.2, 0) is 4.79 Å². The van der Waals surface area contributed by atoms with Gasteiger partial charge >= 0.3 is 0 Å². The normalized spacial score (nSPS) is 25.2. The minimum atomic E-state index is -0.230. The Morgan fingerprint density at radius 3 is 2.61 bits per heavy atom. The van der Waals surface area contributed by atoms with Crippen molar-refractivity contribution in [2.45, 2.75) is 33.6 Å². The summed E-state index contributed by atoms with van der Waals surface area (Å²) in [5, 5.41) is 6.45. The molecule has 4 nitrogen and oxygen atoms in total. The van der Waals surface area contributed by atoms with Crippen LogP contribution in [0.5, 0.6) is 0 Å². The minimum Gasteiger partial charge on any atom is -0.355 e. The molecule has 106 valence electrons. The van der Waals surface area contributed by atoms with Gasteiger partial charge in [-0.05, 0) is 45.8 Å². The molecule has 0 aromatic carbocycles. The zero-order valence-electron chi connectivity index (χ0n) is 12.6. The number of rotatable bonds is 5. The van der Waals surface area contributed by atoms with Gasteiger partial charge < -0.3 is 15.5 Å². The highest BCUT2D eigenvalue weighted by Gasteiger charge is 2.35. The van der Waals surface area contributed by atoms with Crippen LogP contribution in [0.25, 0.3) is 0 Å². The summed E-state index contributed by atoms with van der Waals surface area (Å²) in [7, 11) is 4.13. The zero-order valence-corrected chi connectivity index (χ0v) is 12.6. The molecule has 4 heteroatoms. The lowest BCUT2D eigenvalue weighted by molar-refractivity contribution is -0.131. The van der Waals surface area contributed by atoms with Gasteiger partial charge in [0.2, 0.25) is 5.91 Å². The van der Waals surface area contributed by atoms with E-state index in [2.05, 4.69) is 50.4 Å². The topological polar surface area (TPSA) is 44.4 Å². The van der Waals surface area contributed by atoms with Crippen molar-refractivity contribution >= 4 is 5.91 Å². The molecule has 1 atom stereocenters. The summed E-state index contributed by atoms with van der Waals surface area (Å²) < 4.78 is 0. The van der Waals surface area contributed by atoms with Gasteiger partial charge in [0.25, 0.3) is 0 Å². The third-order valence-corrected chi connectivity index (χ3v) is 3.62. The number of nitrogens with zero attached hydrogens (tertiary/aromatic N) is 1. The summed E-state index contributed by atoms with van der Waals surface area (Å²) in [4.78, 5) is 14.5. The average molecular weight is 255 g/mol. The molecule has 18 heavy (non-hydrogen) atoms. The van der Waals surface area contributed by atoms with Gasteiger partial charge in [-0.3, -0.25) is 4.79 Å². The van der Waals surface area contributed by atoms with E-state index in [1.54, 1.807) is 0 Å². The van der Waals surface area contributed by atoms with Gasteiger partial charge in [-0.25, -0.2) is 0 Å². The highest BCUT2D eigenvalue weighted by atomic mass is 16.2. The van der Waals surface area contributed by atoms with E-state index in [4.69, 9.17) is 0 Å². The van der Waals surface area contributed by atoms with E-state index in [-0.39, 0.29) is 16.7 Å². The monoisotopic (exact) mass is 255 g/mol. The van der Waals surface area contributed by atoms with E-state index in [0.29, 0.717) is 0 Å². The second kappa shape index (κ2) is 6.02. The van der Waals surface area contributed by atoms with E-state index < -0.39 is 0 Å². The van der Waals surface area contributed by atoms with E-state index in [0.717, 1.165) is 39.0 Å². The number of carbonyl (C=O) groups is 1. The van der Waals surface area contributed by atoms with Gasteiger partial charge in [-0.1, -0.05) is 13.8 Å². The van der Waals surface area contributed by atoms with Gasteiger partial charge in [-0.2, -0.15) is 0 Å². The predicted molar refractivity (Wildman–Crippen MR) is 75.6 cm³/mol. The SMILES string of the molecule is CN(C)CC(C)(C)CNC(=O)C1(C)CCCNC1. The lowest BCUT2D eigenvalue weighted by atomic mass is 9.81. The van der Waals surface area contributed by atoms with Gasteiger partial charge in [0.15, 0.2) is 0 Å². The predicted octanol–water partition coefficient (Wildman–Crippen LogP) is 1.08. The van der Waals surface area contributed by atoms with Crippen LogP contribution < -0.4 is 10.6 Å². The first-order valence-electron chi connectivity index (χ1n) is 6.89. The number of amides is 1. The van der Waals surface area contributed by atoms with Gasteiger partial charge in [0.05, 0.1) is 5.41 Å². The van der Waals surface area contributed by atoms with Gasteiger partial charge in [-0.15, -0.1) is 0 Å². The molecule has 2 N–H and O–H groups in total. The maximum atomic E-state index is 12.3. The first kappa shape index (κ1) is 15.4. The smallest absolute Gasteiger partial charge is 0.227 e. The molecule has 0 saturated carbocycles. The highest BCUT2D eigenvalue weighted by Crippen LogP contribution is 2.26. The van der Waals surface area contributed by atoms with Crippen LogP contribution in [-0.4, -0.2) is 51.1 Å². The molecule has 1 saturated heterocycles. The minimum absolute atomic E-state index is 0.109. The molecule has 1 amide bonds. The molecule has 1 unspecified atom stereocenters.